The molecule has 1 amide bonds. The van der Waals surface area contributed by atoms with Crippen molar-refractivity contribution in [2.75, 3.05) is 25.6 Å². The van der Waals surface area contributed by atoms with Gasteiger partial charge in [-0.2, -0.15) is 4.31 Å². The zero-order valence-electron chi connectivity index (χ0n) is 16.7. The molecule has 1 aromatic heterocycles. The van der Waals surface area contributed by atoms with Crippen molar-refractivity contribution in [2.24, 2.45) is 0 Å². The molecular weight excluding hydrogens is 404 g/mol. The van der Waals surface area contributed by atoms with E-state index in [1.807, 2.05) is 24.3 Å². The number of para-hydroxylation sites is 2. The highest BCUT2D eigenvalue weighted by Gasteiger charge is 2.29. The van der Waals surface area contributed by atoms with Crippen molar-refractivity contribution in [1.82, 2.24) is 14.0 Å². The van der Waals surface area contributed by atoms with Crippen LogP contribution in [0.3, 0.4) is 0 Å². The predicted octanol–water partition coefficient (Wildman–Crippen LogP) is 2.99. The Labute approximate surface area is 175 Å². The first-order valence-corrected chi connectivity index (χ1v) is 11.4. The van der Waals surface area contributed by atoms with Crippen molar-refractivity contribution in [1.29, 1.82) is 0 Å². The van der Waals surface area contributed by atoms with E-state index in [2.05, 4.69) is 10.4 Å². The molecule has 0 radical (unpaired) electrons. The molecule has 0 aliphatic carbocycles. The fourth-order valence-corrected chi connectivity index (χ4v) is 5.36. The lowest BCUT2D eigenvalue weighted by atomic mass is 10.2. The van der Waals surface area contributed by atoms with E-state index < -0.39 is 15.9 Å². The predicted molar refractivity (Wildman–Crippen MR) is 114 cm³/mol. The molecule has 3 aromatic rings. The van der Waals surface area contributed by atoms with E-state index in [-0.39, 0.29) is 16.2 Å². The van der Waals surface area contributed by atoms with Crippen LogP contribution in [-0.4, -0.2) is 48.5 Å². The summed E-state index contributed by atoms with van der Waals surface area (Å²) in [7, 11) is -2.35. The van der Waals surface area contributed by atoms with Gasteiger partial charge in [-0.3, -0.25) is 10.2 Å². The largest absolute Gasteiger partial charge is 0.495 e. The molecule has 1 N–H and O–H groups in total. The second-order valence-corrected chi connectivity index (χ2v) is 9.13. The number of rotatable bonds is 5. The van der Waals surface area contributed by atoms with Gasteiger partial charge in [-0.15, -0.1) is 0 Å². The van der Waals surface area contributed by atoms with Crippen molar-refractivity contribution < 1.29 is 17.9 Å². The zero-order chi connectivity index (χ0) is 21.1. The Morgan fingerprint density at radius 2 is 1.80 bits per heavy atom. The number of ether oxygens (including phenoxy) is 1. The van der Waals surface area contributed by atoms with E-state index in [9.17, 15) is 13.2 Å². The van der Waals surface area contributed by atoms with E-state index in [4.69, 9.17) is 4.74 Å². The van der Waals surface area contributed by atoms with E-state index in [1.165, 1.54) is 34.6 Å². The third kappa shape index (κ3) is 3.90. The summed E-state index contributed by atoms with van der Waals surface area (Å²) in [5.41, 5.74) is 4.47. The molecule has 30 heavy (non-hydrogen) atoms. The fourth-order valence-electron chi connectivity index (χ4n) is 3.66. The van der Waals surface area contributed by atoms with E-state index in [0.717, 1.165) is 36.7 Å². The van der Waals surface area contributed by atoms with Crippen molar-refractivity contribution in [3.05, 3.63) is 54.4 Å². The van der Waals surface area contributed by atoms with Gasteiger partial charge in [0, 0.05) is 18.7 Å². The highest BCUT2D eigenvalue weighted by Crippen LogP contribution is 2.29. The number of benzene rings is 2. The lowest BCUT2D eigenvalue weighted by Gasteiger charge is -2.21. The Hall–Kier alpha value is -2.91. The molecule has 0 atom stereocenters. The fraction of sp³-hybridized carbons (Fsp3) is 0.333. The quantitative estimate of drug-likeness (QED) is 0.674. The zero-order valence-corrected chi connectivity index (χ0v) is 17.6. The van der Waals surface area contributed by atoms with Crippen LogP contribution in [0.1, 0.15) is 36.0 Å². The molecule has 4 rings (SSSR count). The minimum atomic E-state index is -3.77. The normalized spacial score (nSPS) is 15.6. The van der Waals surface area contributed by atoms with Crippen molar-refractivity contribution in [2.45, 2.75) is 30.6 Å². The number of imidazole rings is 1. The number of nitrogens with zero attached hydrogens (tertiary/aromatic N) is 3. The molecule has 158 valence electrons. The van der Waals surface area contributed by atoms with Gasteiger partial charge in [0.2, 0.25) is 10.0 Å². The number of methoxy groups -OCH3 is 1. The maximum absolute atomic E-state index is 13.3. The SMILES string of the molecule is COc1ccc(C(=O)Nn2cnc3ccccc32)cc1S(=O)(=O)N1CCCCCC1. The van der Waals surface area contributed by atoms with Gasteiger partial charge in [-0.05, 0) is 43.2 Å². The summed E-state index contributed by atoms with van der Waals surface area (Å²) in [5.74, 6) is -0.211. The van der Waals surface area contributed by atoms with Gasteiger partial charge in [-0.25, -0.2) is 18.1 Å². The van der Waals surface area contributed by atoms with Crippen LogP contribution < -0.4 is 10.2 Å². The summed E-state index contributed by atoms with van der Waals surface area (Å²) in [6.45, 7) is 0.950. The van der Waals surface area contributed by atoms with E-state index in [1.54, 1.807) is 6.07 Å². The number of carbonyl (C=O) groups is 1. The lowest BCUT2D eigenvalue weighted by Crippen LogP contribution is -2.32. The average molecular weight is 429 g/mol. The van der Waals surface area contributed by atoms with Crippen LogP contribution in [0.4, 0.5) is 0 Å². The summed E-state index contributed by atoms with van der Waals surface area (Å²) >= 11 is 0. The number of hydrogen-bond acceptors (Lipinski definition) is 5. The highest BCUT2D eigenvalue weighted by atomic mass is 32.2. The maximum Gasteiger partial charge on any atom is 0.270 e. The van der Waals surface area contributed by atoms with Crippen LogP contribution >= 0.6 is 0 Å². The minimum Gasteiger partial charge on any atom is -0.495 e. The maximum atomic E-state index is 13.3. The Morgan fingerprint density at radius 3 is 2.53 bits per heavy atom. The van der Waals surface area contributed by atoms with Crippen LogP contribution in [0.15, 0.2) is 53.7 Å². The Bertz CT molecular complexity index is 1160. The highest BCUT2D eigenvalue weighted by molar-refractivity contribution is 7.89. The first-order chi connectivity index (χ1) is 14.5. The molecule has 8 nitrogen and oxygen atoms in total. The molecule has 1 aliphatic heterocycles. The van der Waals surface area contributed by atoms with Gasteiger partial charge in [0.25, 0.3) is 5.91 Å². The van der Waals surface area contributed by atoms with E-state index in [0.29, 0.717) is 13.1 Å². The summed E-state index contributed by atoms with van der Waals surface area (Å²) < 4.78 is 34.9. The minimum absolute atomic E-state index is 0.00930. The van der Waals surface area contributed by atoms with Crippen LogP contribution in [0.5, 0.6) is 5.75 Å². The number of fused-ring (bicyclic) bond motifs is 1. The smallest absolute Gasteiger partial charge is 0.270 e. The van der Waals surface area contributed by atoms with E-state index >= 15 is 0 Å². The molecule has 2 heterocycles. The van der Waals surface area contributed by atoms with Gasteiger partial charge in [0.05, 0.1) is 18.1 Å². The molecule has 0 bridgehead atoms. The number of amides is 1. The van der Waals surface area contributed by atoms with Gasteiger partial charge in [-0.1, -0.05) is 25.0 Å². The van der Waals surface area contributed by atoms with Crippen molar-refractivity contribution >= 4 is 27.0 Å². The van der Waals surface area contributed by atoms with Crippen LogP contribution in [-0.2, 0) is 10.0 Å². The number of nitrogens with one attached hydrogen (secondary N) is 1. The second kappa shape index (κ2) is 8.45. The summed E-state index contributed by atoms with van der Waals surface area (Å²) in [6.07, 6.45) is 5.21. The van der Waals surface area contributed by atoms with Gasteiger partial charge < -0.3 is 4.74 Å². The molecule has 9 heteroatoms. The molecule has 1 fully saturated rings. The van der Waals surface area contributed by atoms with Crippen molar-refractivity contribution in [3.63, 3.8) is 0 Å². The monoisotopic (exact) mass is 428 g/mol. The Kier molecular flexibility index (Phi) is 5.74. The first kappa shape index (κ1) is 20.4. The molecule has 2 aromatic carbocycles. The first-order valence-electron chi connectivity index (χ1n) is 9.92. The van der Waals surface area contributed by atoms with Crippen LogP contribution in [0.25, 0.3) is 11.0 Å². The molecule has 1 aliphatic rings. The van der Waals surface area contributed by atoms with Crippen molar-refractivity contribution in [3.8, 4) is 5.75 Å². The number of sulfonamides is 1. The molecular formula is C21H24N4O4S. The molecule has 1 saturated heterocycles. The number of aromatic nitrogens is 2. The molecule has 0 unspecified atom stereocenters. The van der Waals surface area contributed by atoms with Crippen LogP contribution in [0, 0.1) is 0 Å². The van der Waals surface area contributed by atoms with Gasteiger partial charge in [0.1, 0.15) is 17.0 Å². The van der Waals surface area contributed by atoms with Gasteiger partial charge in [0.15, 0.2) is 0 Å². The summed E-state index contributed by atoms with van der Waals surface area (Å²) in [6, 6.07) is 11.9. The topological polar surface area (TPSA) is 93.5 Å². The number of carbonyl (C=O) groups excluding carboxylic acids is 1. The lowest BCUT2D eigenvalue weighted by molar-refractivity contribution is 0.101. The summed E-state index contributed by atoms with van der Waals surface area (Å²) in [4.78, 5) is 17.1. The second-order valence-electron chi connectivity index (χ2n) is 7.23. The third-order valence-electron chi connectivity index (χ3n) is 5.28. The molecule has 0 spiro atoms. The van der Waals surface area contributed by atoms with Gasteiger partial charge >= 0.3 is 0 Å². The Balaban J connectivity index is 1.65. The molecule has 0 saturated carbocycles. The average Bonchev–Trinajstić information content (AvgIpc) is 2.97. The van der Waals surface area contributed by atoms with Crippen LogP contribution in [0.2, 0.25) is 0 Å². The third-order valence-corrected chi connectivity index (χ3v) is 7.20. The summed E-state index contributed by atoms with van der Waals surface area (Å²) in [5, 5.41) is 0. The number of hydrogen-bond donors (Lipinski definition) is 1. The Morgan fingerprint density at radius 1 is 1.07 bits per heavy atom. The standard InChI is InChI=1S/C21H24N4O4S/c1-29-19-11-10-16(14-20(19)30(27,28)24-12-6-2-3-7-13-24)21(26)23-25-15-22-17-8-4-5-9-18(17)25/h4-5,8-11,14-15H,2-3,6-7,12-13H2,1H3,(H,23,26).